The Bertz CT molecular complexity index is 204. The summed E-state index contributed by atoms with van der Waals surface area (Å²) in [6, 6.07) is 0. The topological polar surface area (TPSA) is 49.4 Å². The van der Waals surface area contributed by atoms with Crippen molar-refractivity contribution in [1.29, 1.82) is 0 Å². The normalized spacial score (nSPS) is 16.4. The number of amides is 2. The molecule has 1 aliphatic rings. The van der Waals surface area contributed by atoms with Gasteiger partial charge in [-0.05, 0) is 6.42 Å². The SMILES string of the molecule is CCC(=O)NCCN1CCCC1=O. The molecule has 0 unspecified atom stereocenters. The van der Waals surface area contributed by atoms with Crippen molar-refractivity contribution in [3.63, 3.8) is 0 Å². The quantitative estimate of drug-likeness (QED) is 0.675. The molecular weight excluding hydrogens is 168 g/mol. The van der Waals surface area contributed by atoms with E-state index in [2.05, 4.69) is 5.32 Å². The van der Waals surface area contributed by atoms with Gasteiger partial charge in [-0.25, -0.2) is 0 Å². The molecule has 0 bridgehead atoms. The minimum atomic E-state index is 0.0478. The Morgan fingerprint density at radius 1 is 1.62 bits per heavy atom. The molecule has 13 heavy (non-hydrogen) atoms. The van der Waals surface area contributed by atoms with E-state index < -0.39 is 0 Å². The molecule has 1 heterocycles. The van der Waals surface area contributed by atoms with E-state index in [0.717, 1.165) is 13.0 Å². The van der Waals surface area contributed by atoms with Crippen LogP contribution in [0.2, 0.25) is 0 Å². The average molecular weight is 184 g/mol. The van der Waals surface area contributed by atoms with Crippen molar-refractivity contribution >= 4 is 11.8 Å². The second-order valence-corrected chi connectivity index (χ2v) is 3.19. The summed E-state index contributed by atoms with van der Waals surface area (Å²) >= 11 is 0. The lowest BCUT2D eigenvalue weighted by Gasteiger charge is -2.15. The molecular formula is C9H16N2O2. The number of nitrogens with one attached hydrogen (secondary N) is 1. The summed E-state index contributed by atoms with van der Waals surface area (Å²) in [4.78, 5) is 23.8. The maximum Gasteiger partial charge on any atom is 0.222 e. The van der Waals surface area contributed by atoms with Crippen LogP contribution in [-0.2, 0) is 9.59 Å². The highest BCUT2D eigenvalue weighted by Crippen LogP contribution is 2.07. The molecule has 0 atom stereocenters. The molecule has 0 spiro atoms. The van der Waals surface area contributed by atoms with Gasteiger partial charge in [0, 0.05) is 32.5 Å². The van der Waals surface area contributed by atoms with Crippen molar-refractivity contribution in [3.8, 4) is 0 Å². The molecule has 0 saturated carbocycles. The second kappa shape index (κ2) is 4.84. The summed E-state index contributed by atoms with van der Waals surface area (Å²) < 4.78 is 0. The van der Waals surface area contributed by atoms with Crippen molar-refractivity contribution in [3.05, 3.63) is 0 Å². The maximum atomic E-state index is 11.1. The van der Waals surface area contributed by atoms with E-state index in [9.17, 15) is 9.59 Å². The van der Waals surface area contributed by atoms with Crippen molar-refractivity contribution in [1.82, 2.24) is 10.2 Å². The van der Waals surface area contributed by atoms with Gasteiger partial charge in [0.1, 0.15) is 0 Å². The zero-order valence-corrected chi connectivity index (χ0v) is 8.01. The molecule has 0 aromatic heterocycles. The minimum Gasteiger partial charge on any atom is -0.354 e. The van der Waals surface area contributed by atoms with Gasteiger partial charge < -0.3 is 10.2 Å². The molecule has 0 aliphatic carbocycles. The van der Waals surface area contributed by atoms with Gasteiger partial charge in [-0.15, -0.1) is 0 Å². The Morgan fingerprint density at radius 2 is 2.38 bits per heavy atom. The summed E-state index contributed by atoms with van der Waals surface area (Å²) in [5, 5.41) is 2.75. The van der Waals surface area contributed by atoms with E-state index in [1.165, 1.54) is 0 Å². The summed E-state index contributed by atoms with van der Waals surface area (Å²) in [6.45, 7) is 3.90. The van der Waals surface area contributed by atoms with Crippen LogP contribution in [0, 0.1) is 0 Å². The highest BCUT2D eigenvalue weighted by atomic mass is 16.2. The molecule has 4 heteroatoms. The van der Waals surface area contributed by atoms with E-state index in [4.69, 9.17) is 0 Å². The van der Waals surface area contributed by atoms with Crippen LogP contribution in [0.5, 0.6) is 0 Å². The van der Waals surface area contributed by atoms with E-state index in [1.807, 2.05) is 6.92 Å². The minimum absolute atomic E-state index is 0.0478. The van der Waals surface area contributed by atoms with E-state index in [-0.39, 0.29) is 11.8 Å². The third-order valence-corrected chi connectivity index (χ3v) is 2.20. The summed E-state index contributed by atoms with van der Waals surface area (Å²) in [6.07, 6.45) is 2.14. The monoisotopic (exact) mass is 184 g/mol. The third-order valence-electron chi connectivity index (χ3n) is 2.20. The van der Waals surface area contributed by atoms with Gasteiger partial charge in [-0.3, -0.25) is 9.59 Å². The van der Waals surface area contributed by atoms with Crippen molar-refractivity contribution < 1.29 is 9.59 Å². The molecule has 0 aromatic carbocycles. The van der Waals surface area contributed by atoms with Crippen LogP contribution in [0.15, 0.2) is 0 Å². The van der Waals surface area contributed by atoms with Crippen LogP contribution < -0.4 is 5.32 Å². The van der Waals surface area contributed by atoms with Crippen LogP contribution in [-0.4, -0.2) is 36.3 Å². The number of likely N-dealkylation sites (tertiary alicyclic amines) is 1. The summed E-state index contributed by atoms with van der Waals surface area (Å²) in [7, 11) is 0. The lowest BCUT2D eigenvalue weighted by atomic mass is 10.4. The fourth-order valence-corrected chi connectivity index (χ4v) is 1.40. The third kappa shape index (κ3) is 3.05. The summed E-state index contributed by atoms with van der Waals surface area (Å²) in [5.74, 6) is 0.261. The molecule has 0 aromatic rings. The Balaban J connectivity index is 2.12. The van der Waals surface area contributed by atoms with Crippen LogP contribution in [0.3, 0.4) is 0 Å². The zero-order valence-electron chi connectivity index (χ0n) is 8.01. The van der Waals surface area contributed by atoms with E-state index >= 15 is 0 Å². The maximum absolute atomic E-state index is 11.1. The van der Waals surface area contributed by atoms with Gasteiger partial charge >= 0.3 is 0 Å². The summed E-state index contributed by atoms with van der Waals surface area (Å²) in [5.41, 5.74) is 0. The Hall–Kier alpha value is -1.06. The standard InChI is InChI=1S/C9H16N2O2/c1-2-8(12)10-5-7-11-6-3-4-9(11)13/h2-7H2,1H3,(H,10,12). The number of nitrogens with zero attached hydrogens (tertiary/aromatic N) is 1. The molecule has 1 saturated heterocycles. The van der Waals surface area contributed by atoms with Crippen LogP contribution in [0.1, 0.15) is 26.2 Å². The average Bonchev–Trinajstić information content (AvgIpc) is 2.52. The first kappa shape index (κ1) is 10.0. The van der Waals surface area contributed by atoms with Gasteiger partial charge in [0.2, 0.25) is 11.8 Å². The Labute approximate surface area is 78.3 Å². The Kier molecular flexibility index (Phi) is 3.73. The molecule has 1 fully saturated rings. The predicted octanol–water partition coefficient (Wildman–Crippen LogP) is 0.135. The second-order valence-electron chi connectivity index (χ2n) is 3.19. The van der Waals surface area contributed by atoms with E-state index in [0.29, 0.717) is 25.9 Å². The van der Waals surface area contributed by atoms with Crippen LogP contribution in [0.25, 0.3) is 0 Å². The molecule has 2 amide bonds. The molecule has 1 N–H and O–H groups in total. The molecule has 1 aliphatic heterocycles. The number of hydrogen-bond donors (Lipinski definition) is 1. The highest BCUT2D eigenvalue weighted by molar-refractivity contribution is 5.78. The first-order chi connectivity index (χ1) is 6.24. The van der Waals surface area contributed by atoms with E-state index in [1.54, 1.807) is 4.90 Å². The molecule has 0 radical (unpaired) electrons. The number of carbonyl (C=O) groups is 2. The van der Waals surface area contributed by atoms with Crippen LogP contribution in [0.4, 0.5) is 0 Å². The highest BCUT2D eigenvalue weighted by Gasteiger charge is 2.18. The van der Waals surface area contributed by atoms with Crippen molar-refractivity contribution in [2.45, 2.75) is 26.2 Å². The van der Waals surface area contributed by atoms with Gasteiger partial charge in [0.25, 0.3) is 0 Å². The Morgan fingerprint density at radius 3 is 2.92 bits per heavy atom. The fourth-order valence-electron chi connectivity index (χ4n) is 1.40. The van der Waals surface area contributed by atoms with Crippen LogP contribution >= 0.6 is 0 Å². The van der Waals surface area contributed by atoms with Crippen molar-refractivity contribution in [2.75, 3.05) is 19.6 Å². The number of hydrogen-bond acceptors (Lipinski definition) is 2. The lowest BCUT2D eigenvalue weighted by molar-refractivity contribution is -0.128. The molecule has 1 rings (SSSR count). The first-order valence-electron chi connectivity index (χ1n) is 4.78. The number of carbonyl (C=O) groups excluding carboxylic acids is 2. The first-order valence-corrected chi connectivity index (χ1v) is 4.78. The van der Waals surface area contributed by atoms with Gasteiger partial charge in [0.15, 0.2) is 0 Å². The lowest BCUT2D eigenvalue weighted by Crippen LogP contribution is -2.35. The fraction of sp³-hybridized carbons (Fsp3) is 0.778. The van der Waals surface area contributed by atoms with Gasteiger partial charge in [-0.2, -0.15) is 0 Å². The van der Waals surface area contributed by atoms with Crippen molar-refractivity contribution in [2.24, 2.45) is 0 Å². The van der Waals surface area contributed by atoms with Gasteiger partial charge in [-0.1, -0.05) is 6.92 Å². The largest absolute Gasteiger partial charge is 0.354 e. The number of rotatable bonds is 4. The molecule has 4 nitrogen and oxygen atoms in total. The predicted molar refractivity (Wildman–Crippen MR) is 49.1 cm³/mol. The smallest absolute Gasteiger partial charge is 0.222 e. The van der Waals surface area contributed by atoms with Gasteiger partial charge in [0.05, 0.1) is 0 Å². The zero-order chi connectivity index (χ0) is 9.68. The molecule has 74 valence electrons.